The third kappa shape index (κ3) is 2.68. The maximum absolute atomic E-state index is 14.2. The minimum atomic E-state index is -0.897. The molecule has 3 heteroatoms. The first-order chi connectivity index (χ1) is 10.0. The Morgan fingerprint density at radius 1 is 1.10 bits per heavy atom. The van der Waals surface area contributed by atoms with E-state index < -0.39 is 11.6 Å². The maximum atomic E-state index is 14.2. The molecule has 1 heterocycles. The highest BCUT2D eigenvalue weighted by Crippen LogP contribution is 2.33. The van der Waals surface area contributed by atoms with Crippen molar-refractivity contribution >= 4 is 6.08 Å². The van der Waals surface area contributed by atoms with Crippen molar-refractivity contribution in [1.29, 1.82) is 0 Å². The molecule has 1 unspecified atom stereocenters. The molecule has 0 N–H and O–H groups in total. The number of fused-ring (bicyclic) bond motifs is 1. The summed E-state index contributed by atoms with van der Waals surface area (Å²) in [6, 6.07) is 9.45. The predicted molar refractivity (Wildman–Crippen MR) is 79.5 cm³/mol. The molecule has 0 aromatic heterocycles. The second kappa shape index (κ2) is 5.32. The van der Waals surface area contributed by atoms with Gasteiger partial charge in [-0.3, -0.25) is 0 Å². The molecule has 0 saturated carbocycles. The molecule has 0 aliphatic carbocycles. The first kappa shape index (κ1) is 13.8. The third-order valence-electron chi connectivity index (χ3n) is 3.63. The number of hydrogen-bond acceptors (Lipinski definition) is 1. The van der Waals surface area contributed by atoms with Crippen LogP contribution in [0.15, 0.2) is 36.4 Å². The molecule has 3 rings (SSSR count). The summed E-state index contributed by atoms with van der Waals surface area (Å²) >= 11 is 0. The summed E-state index contributed by atoms with van der Waals surface area (Å²) in [5.41, 5.74) is 3.03. The van der Waals surface area contributed by atoms with Crippen molar-refractivity contribution in [2.24, 2.45) is 0 Å². The van der Waals surface area contributed by atoms with Gasteiger partial charge in [-0.15, -0.1) is 0 Å². The standard InChI is InChI=1S/C18H16F2O/c1-11-3-6-13(7-4-11)9-15-10-14-8-5-12(2)21-18(14)17(20)16(15)19/h3-8,10,12H,9H2,1-2H3. The van der Waals surface area contributed by atoms with Crippen LogP contribution < -0.4 is 4.74 Å². The van der Waals surface area contributed by atoms with Crippen LogP contribution in [-0.4, -0.2) is 6.10 Å². The summed E-state index contributed by atoms with van der Waals surface area (Å²) in [5.74, 6) is -1.71. The van der Waals surface area contributed by atoms with Gasteiger partial charge in [-0.05, 0) is 37.1 Å². The van der Waals surface area contributed by atoms with Gasteiger partial charge in [-0.2, -0.15) is 4.39 Å². The lowest BCUT2D eigenvalue weighted by Gasteiger charge is -2.20. The summed E-state index contributed by atoms with van der Waals surface area (Å²) in [7, 11) is 0. The Morgan fingerprint density at radius 3 is 2.52 bits per heavy atom. The van der Waals surface area contributed by atoms with Crippen molar-refractivity contribution in [1.82, 2.24) is 0 Å². The second-order valence-electron chi connectivity index (χ2n) is 5.43. The maximum Gasteiger partial charge on any atom is 0.201 e. The lowest BCUT2D eigenvalue weighted by molar-refractivity contribution is 0.248. The fourth-order valence-electron chi connectivity index (χ4n) is 2.45. The SMILES string of the molecule is Cc1ccc(Cc2cc3c(c(F)c2F)OC(C)C=C3)cc1. The van der Waals surface area contributed by atoms with Crippen molar-refractivity contribution in [2.75, 3.05) is 0 Å². The molecule has 1 atom stereocenters. The number of rotatable bonds is 2. The monoisotopic (exact) mass is 286 g/mol. The van der Waals surface area contributed by atoms with E-state index in [1.807, 2.05) is 37.3 Å². The first-order valence-electron chi connectivity index (χ1n) is 6.96. The number of ether oxygens (including phenoxy) is 1. The highest BCUT2D eigenvalue weighted by atomic mass is 19.2. The molecule has 2 aromatic carbocycles. The Balaban J connectivity index is 1.99. The largest absolute Gasteiger partial charge is 0.483 e. The summed E-state index contributed by atoms with van der Waals surface area (Å²) in [6.45, 7) is 3.78. The van der Waals surface area contributed by atoms with Gasteiger partial charge in [0, 0.05) is 12.0 Å². The molecule has 0 radical (unpaired) electrons. The van der Waals surface area contributed by atoms with E-state index in [0.29, 0.717) is 17.5 Å². The average Bonchev–Trinajstić information content (AvgIpc) is 2.47. The Kier molecular flexibility index (Phi) is 3.50. The van der Waals surface area contributed by atoms with Gasteiger partial charge in [0.25, 0.3) is 0 Å². The molecule has 108 valence electrons. The Bertz CT molecular complexity index is 702. The normalized spacial score (nSPS) is 16.5. The number of aryl methyl sites for hydroxylation is 1. The molecule has 0 bridgehead atoms. The van der Waals surface area contributed by atoms with Gasteiger partial charge in [0.05, 0.1) is 0 Å². The van der Waals surface area contributed by atoms with Crippen molar-refractivity contribution < 1.29 is 13.5 Å². The van der Waals surface area contributed by atoms with E-state index in [1.54, 1.807) is 19.1 Å². The van der Waals surface area contributed by atoms with Crippen LogP contribution in [0.4, 0.5) is 8.78 Å². The molecule has 0 amide bonds. The zero-order valence-electron chi connectivity index (χ0n) is 12.0. The zero-order valence-corrected chi connectivity index (χ0v) is 12.0. The molecular weight excluding hydrogens is 270 g/mol. The number of benzene rings is 2. The summed E-state index contributed by atoms with van der Waals surface area (Å²) in [6.07, 6.45) is 3.73. The summed E-state index contributed by atoms with van der Waals surface area (Å²) < 4.78 is 33.7. The first-order valence-corrected chi connectivity index (χ1v) is 6.96. The van der Waals surface area contributed by atoms with E-state index >= 15 is 0 Å². The van der Waals surface area contributed by atoms with E-state index in [-0.39, 0.29) is 11.9 Å². The van der Waals surface area contributed by atoms with Crippen LogP contribution in [0.1, 0.15) is 29.2 Å². The van der Waals surface area contributed by atoms with Gasteiger partial charge in [-0.1, -0.05) is 35.9 Å². The molecule has 0 fully saturated rings. The minimum Gasteiger partial charge on any atom is -0.483 e. The van der Waals surface area contributed by atoms with Gasteiger partial charge in [-0.25, -0.2) is 4.39 Å². The van der Waals surface area contributed by atoms with Crippen molar-refractivity contribution in [3.63, 3.8) is 0 Å². The molecular formula is C18H16F2O. The predicted octanol–water partition coefficient (Wildman–Crippen LogP) is 4.66. The van der Waals surface area contributed by atoms with Crippen molar-refractivity contribution in [2.45, 2.75) is 26.4 Å². The van der Waals surface area contributed by atoms with Crippen LogP contribution in [0.25, 0.3) is 6.08 Å². The third-order valence-corrected chi connectivity index (χ3v) is 3.63. The Labute approximate surface area is 122 Å². The smallest absolute Gasteiger partial charge is 0.201 e. The average molecular weight is 286 g/mol. The van der Waals surface area contributed by atoms with Crippen LogP contribution in [0, 0.1) is 18.6 Å². The van der Waals surface area contributed by atoms with E-state index in [4.69, 9.17) is 4.74 Å². The number of hydrogen-bond donors (Lipinski definition) is 0. The van der Waals surface area contributed by atoms with Gasteiger partial charge in [0.2, 0.25) is 5.82 Å². The molecule has 2 aromatic rings. The second-order valence-corrected chi connectivity index (χ2v) is 5.43. The van der Waals surface area contributed by atoms with Crippen LogP contribution in [0.3, 0.4) is 0 Å². The zero-order chi connectivity index (χ0) is 15.0. The lowest BCUT2D eigenvalue weighted by atomic mass is 9.99. The Morgan fingerprint density at radius 2 is 1.81 bits per heavy atom. The Hall–Kier alpha value is -2.16. The highest BCUT2D eigenvalue weighted by molar-refractivity contribution is 5.62. The lowest BCUT2D eigenvalue weighted by Crippen LogP contribution is -2.15. The quantitative estimate of drug-likeness (QED) is 0.780. The van der Waals surface area contributed by atoms with E-state index in [2.05, 4.69) is 0 Å². The van der Waals surface area contributed by atoms with Gasteiger partial charge in [0.15, 0.2) is 11.6 Å². The fraction of sp³-hybridized carbons (Fsp3) is 0.222. The molecule has 1 nitrogen and oxygen atoms in total. The van der Waals surface area contributed by atoms with Crippen LogP contribution in [0.2, 0.25) is 0 Å². The highest BCUT2D eigenvalue weighted by Gasteiger charge is 2.22. The van der Waals surface area contributed by atoms with Gasteiger partial charge >= 0.3 is 0 Å². The summed E-state index contributed by atoms with van der Waals surface area (Å²) in [4.78, 5) is 0. The fourth-order valence-corrected chi connectivity index (χ4v) is 2.45. The van der Waals surface area contributed by atoms with Gasteiger partial charge in [0.1, 0.15) is 6.10 Å². The topological polar surface area (TPSA) is 9.23 Å². The number of halogens is 2. The van der Waals surface area contributed by atoms with Crippen LogP contribution in [-0.2, 0) is 6.42 Å². The molecule has 0 saturated heterocycles. The van der Waals surface area contributed by atoms with Crippen molar-refractivity contribution in [3.8, 4) is 5.75 Å². The van der Waals surface area contributed by atoms with Gasteiger partial charge < -0.3 is 4.74 Å². The molecule has 1 aliphatic heterocycles. The van der Waals surface area contributed by atoms with Crippen LogP contribution in [0.5, 0.6) is 5.75 Å². The van der Waals surface area contributed by atoms with E-state index in [1.165, 1.54) is 0 Å². The van der Waals surface area contributed by atoms with E-state index in [0.717, 1.165) is 11.1 Å². The summed E-state index contributed by atoms with van der Waals surface area (Å²) in [5, 5.41) is 0. The molecule has 1 aliphatic rings. The van der Waals surface area contributed by atoms with Crippen LogP contribution >= 0.6 is 0 Å². The minimum absolute atomic E-state index is 0.00940. The molecule has 21 heavy (non-hydrogen) atoms. The van der Waals surface area contributed by atoms with Crippen molar-refractivity contribution in [3.05, 3.63) is 70.3 Å². The molecule has 0 spiro atoms. The van der Waals surface area contributed by atoms with E-state index in [9.17, 15) is 8.78 Å².